The van der Waals surface area contributed by atoms with Crippen molar-refractivity contribution in [1.82, 2.24) is 10.6 Å². The molecule has 0 aromatic rings. The molecule has 0 saturated carbocycles. The highest BCUT2D eigenvalue weighted by Crippen LogP contribution is 2.04. The van der Waals surface area contributed by atoms with Crippen LogP contribution in [0.1, 0.15) is 20.8 Å². The molecular weight excluding hydrogens is 152 g/mol. The topological polar surface area (TPSA) is 33.3 Å². The first-order valence-corrected chi connectivity index (χ1v) is 4.82. The van der Waals surface area contributed by atoms with Gasteiger partial charge in [0, 0.05) is 25.7 Å². The lowest BCUT2D eigenvalue weighted by atomic mass is 10.0. The maximum absolute atomic E-state index is 5.44. The molecule has 0 aliphatic carbocycles. The van der Waals surface area contributed by atoms with Gasteiger partial charge in [-0.3, -0.25) is 5.32 Å². The van der Waals surface area contributed by atoms with Crippen LogP contribution >= 0.6 is 0 Å². The number of rotatable bonds is 3. The molecule has 0 aromatic heterocycles. The van der Waals surface area contributed by atoms with Crippen LogP contribution in [0.3, 0.4) is 0 Å². The van der Waals surface area contributed by atoms with E-state index >= 15 is 0 Å². The Hall–Kier alpha value is -0.120. The summed E-state index contributed by atoms with van der Waals surface area (Å²) in [4.78, 5) is 0. The van der Waals surface area contributed by atoms with Crippen molar-refractivity contribution < 1.29 is 4.74 Å². The molecule has 0 bridgehead atoms. The van der Waals surface area contributed by atoms with Crippen molar-refractivity contribution in [2.45, 2.75) is 33.0 Å². The van der Waals surface area contributed by atoms with Crippen LogP contribution in [0.4, 0.5) is 0 Å². The van der Waals surface area contributed by atoms with E-state index in [0.29, 0.717) is 12.0 Å². The first kappa shape index (κ1) is 9.96. The zero-order chi connectivity index (χ0) is 8.97. The number of ether oxygens (including phenoxy) is 1. The molecule has 1 aliphatic heterocycles. The lowest BCUT2D eigenvalue weighted by Gasteiger charge is -2.32. The molecule has 0 amide bonds. The van der Waals surface area contributed by atoms with E-state index in [1.54, 1.807) is 0 Å². The van der Waals surface area contributed by atoms with Crippen LogP contribution in [0.15, 0.2) is 0 Å². The van der Waals surface area contributed by atoms with Gasteiger partial charge >= 0.3 is 0 Å². The van der Waals surface area contributed by atoms with Gasteiger partial charge in [0.25, 0.3) is 0 Å². The first-order chi connectivity index (χ1) is 5.74. The second kappa shape index (κ2) is 4.80. The van der Waals surface area contributed by atoms with Gasteiger partial charge in [0.05, 0.1) is 0 Å². The Kier molecular flexibility index (Phi) is 3.98. The van der Waals surface area contributed by atoms with Crippen LogP contribution in [-0.4, -0.2) is 32.0 Å². The van der Waals surface area contributed by atoms with Gasteiger partial charge in [0.2, 0.25) is 0 Å². The molecule has 1 aliphatic rings. The molecule has 1 saturated heterocycles. The predicted octanol–water partition coefficient (Wildman–Crippen LogP) is 0.566. The molecule has 2 N–H and O–H groups in total. The summed E-state index contributed by atoms with van der Waals surface area (Å²) in [6, 6.07) is 0.599. The molecule has 12 heavy (non-hydrogen) atoms. The Morgan fingerprint density at radius 2 is 2.08 bits per heavy atom. The second-order valence-corrected chi connectivity index (χ2v) is 3.61. The fraction of sp³-hybridized carbons (Fsp3) is 1.00. The zero-order valence-corrected chi connectivity index (χ0v) is 8.26. The summed E-state index contributed by atoms with van der Waals surface area (Å²) in [5, 5.41) is 6.83. The third-order valence-corrected chi connectivity index (χ3v) is 2.30. The number of piperazine rings is 1. The van der Waals surface area contributed by atoms with Crippen molar-refractivity contribution >= 4 is 0 Å². The SMILES string of the molecule is CCOC1CNC(C(C)C)CN1. The third kappa shape index (κ3) is 2.73. The Labute approximate surface area is 74.9 Å². The molecule has 0 aromatic carbocycles. The summed E-state index contributed by atoms with van der Waals surface area (Å²) in [7, 11) is 0. The number of hydrogen-bond donors (Lipinski definition) is 2. The predicted molar refractivity (Wildman–Crippen MR) is 50.0 cm³/mol. The lowest BCUT2D eigenvalue weighted by molar-refractivity contribution is 0.0179. The second-order valence-electron chi connectivity index (χ2n) is 3.61. The average molecular weight is 172 g/mol. The number of nitrogens with one attached hydrogen (secondary N) is 2. The largest absolute Gasteiger partial charge is 0.362 e. The van der Waals surface area contributed by atoms with Gasteiger partial charge in [-0.25, -0.2) is 0 Å². The zero-order valence-electron chi connectivity index (χ0n) is 8.26. The summed E-state index contributed by atoms with van der Waals surface area (Å²) < 4.78 is 5.44. The van der Waals surface area contributed by atoms with E-state index < -0.39 is 0 Å². The standard InChI is InChI=1S/C9H20N2O/c1-4-12-9-6-10-8(5-11-9)7(2)3/h7-11H,4-6H2,1-3H3. The van der Waals surface area contributed by atoms with Gasteiger partial charge in [0.15, 0.2) is 0 Å². The van der Waals surface area contributed by atoms with E-state index in [0.717, 1.165) is 19.7 Å². The maximum Gasteiger partial charge on any atom is 0.120 e. The highest BCUT2D eigenvalue weighted by Gasteiger charge is 2.21. The molecule has 1 fully saturated rings. The molecule has 1 heterocycles. The van der Waals surface area contributed by atoms with Crippen LogP contribution in [-0.2, 0) is 4.74 Å². The Morgan fingerprint density at radius 1 is 1.33 bits per heavy atom. The minimum Gasteiger partial charge on any atom is -0.362 e. The van der Waals surface area contributed by atoms with Crippen molar-refractivity contribution in [3.05, 3.63) is 0 Å². The van der Waals surface area contributed by atoms with Gasteiger partial charge in [0.1, 0.15) is 6.23 Å². The van der Waals surface area contributed by atoms with Crippen LogP contribution < -0.4 is 10.6 Å². The lowest BCUT2D eigenvalue weighted by Crippen LogP contribution is -2.56. The van der Waals surface area contributed by atoms with Gasteiger partial charge in [-0.2, -0.15) is 0 Å². The van der Waals surface area contributed by atoms with E-state index in [-0.39, 0.29) is 6.23 Å². The summed E-state index contributed by atoms with van der Waals surface area (Å²) in [6.45, 7) is 9.22. The average Bonchev–Trinajstić information content (AvgIpc) is 2.06. The molecule has 3 nitrogen and oxygen atoms in total. The van der Waals surface area contributed by atoms with Crippen molar-refractivity contribution in [1.29, 1.82) is 0 Å². The quantitative estimate of drug-likeness (QED) is 0.653. The molecule has 0 spiro atoms. The molecule has 72 valence electrons. The van der Waals surface area contributed by atoms with E-state index in [9.17, 15) is 0 Å². The van der Waals surface area contributed by atoms with Crippen LogP contribution in [0.5, 0.6) is 0 Å². The van der Waals surface area contributed by atoms with Crippen molar-refractivity contribution in [2.75, 3.05) is 19.7 Å². The van der Waals surface area contributed by atoms with Gasteiger partial charge < -0.3 is 10.1 Å². The Bertz CT molecular complexity index is 120. The molecule has 2 unspecified atom stereocenters. The minimum atomic E-state index is 0.213. The summed E-state index contributed by atoms with van der Waals surface area (Å²) in [5.41, 5.74) is 0. The van der Waals surface area contributed by atoms with Gasteiger partial charge in [-0.05, 0) is 12.8 Å². The third-order valence-electron chi connectivity index (χ3n) is 2.30. The van der Waals surface area contributed by atoms with E-state index in [1.165, 1.54) is 0 Å². The van der Waals surface area contributed by atoms with Crippen molar-refractivity contribution in [2.24, 2.45) is 5.92 Å². The number of hydrogen-bond acceptors (Lipinski definition) is 3. The first-order valence-electron chi connectivity index (χ1n) is 4.82. The van der Waals surface area contributed by atoms with Crippen LogP contribution in [0.2, 0.25) is 0 Å². The van der Waals surface area contributed by atoms with Gasteiger partial charge in [-0.1, -0.05) is 13.8 Å². The van der Waals surface area contributed by atoms with E-state index in [1.807, 2.05) is 6.92 Å². The van der Waals surface area contributed by atoms with E-state index in [4.69, 9.17) is 4.74 Å². The molecule has 0 radical (unpaired) electrons. The molecule has 3 heteroatoms. The van der Waals surface area contributed by atoms with Crippen molar-refractivity contribution in [3.63, 3.8) is 0 Å². The van der Waals surface area contributed by atoms with Crippen LogP contribution in [0.25, 0.3) is 0 Å². The summed E-state index contributed by atoms with van der Waals surface area (Å²) in [5.74, 6) is 0.695. The van der Waals surface area contributed by atoms with E-state index in [2.05, 4.69) is 24.5 Å². The Morgan fingerprint density at radius 3 is 2.50 bits per heavy atom. The van der Waals surface area contributed by atoms with Crippen molar-refractivity contribution in [3.8, 4) is 0 Å². The maximum atomic E-state index is 5.44. The molecule has 1 rings (SSSR count). The fourth-order valence-corrected chi connectivity index (χ4v) is 1.45. The smallest absolute Gasteiger partial charge is 0.120 e. The molecule has 2 atom stereocenters. The summed E-state index contributed by atoms with van der Waals surface area (Å²) >= 11 is 0. The minimum absolute atomic E-state index is 0.213. The monoisotopic (exact) mass is 172 g/mol. The van der Waals surface area contributed by atoms with Crippen LogP contribution in [0, 0.1) is 5.92 Å². The summed E-state index contributed by atoms with van der Waals surface area (Å²) in [6.07, 6.45) is 0.213. The Balaban J connectivity index is 2.20. The normalized spacial score (nSPS) is 31.0. The fourth-order valence-electron chi connectivity index (χ4n) is 1.45. The molecular formula is C9H20N2O. The highest BCUT2D eigenvalue weighted by molar-refractivity contribution is 4.80. The highest BCUT2D eigenvalue weighted by atomic mass is 16.5. The van der Waals surface area contributed by atoms with Gasteiger partial charge in [-0.15, -0.1) is 0 Å².